The van der Waals surface area contributed by atoms with Gasteiger partial charge in [-0.15, -0.1) is 17.5 Å². The van der Waals surface area contributed by atoms with Gasteiger partial charge in [-0.3, -0.25) is 0 Å². The highest BCUT2D eigenvalue weighted by Gasteiger charge is 2.04. The summed E-state index contributed by atoms with van der Waals surface area (Å²) in [6.07, 6.45) is 7.54. The second-order valence-corrected chi connectivity index (χ2v) is 5.60. The molecule has 3 N–H and O–H groups in total. The molecule has 7 heteroatoms. The first-order chi connectivity index (χ1) is 11.2. The molecule has 1 aromatic carbocycles. The number of anilines is 1. The number of nitrogens with one attached hydrogen (secondary N) is 1. The summed E-state index contributed by atoms with van der Waals surface area (Å²) in [6, 6.07) is 10.3. The van der Waals surface area contributed by atoms with Crippen molar-refractivity contribution in [3.8, 4) is 0 Å². The van der Waals surface area contributed by atoms with E-state index in [1.165, 1.54) is 11.1 Å². The summed E-state index contributed by atoms with van der Waals surface area (Å²) in [6.45, 7) is 2.83. The Morgan fingerprint density at radius 1 is 1.25 bits per heavy atom. The summed E-state index contributed by atoms with van der Waals surface area (Å²) < 4.78 is 1.87. The smallest absolute Gasteiger partial charge is 0.197 e. The molecule has 0 spiro atoms. The van der Waals surface area contributed by atoms with Crippen LogP contribution in [-0.2, 0) is 19.4 Å². The first-order valence-electron chi connectivity index (χ1n) is 7.59. The maximum Gasteiger partial charge on any atom is 0.197 e. The summed E-state index contributed by atoms with van der Waals surface area (Å²) in [5.41, 5.74) is 9.97. The normalized spacial score (nSPS) is 11.3. The van der Waals surface area contributed by atoms with E-state index >= 15 is 0 Å². The maximum atomic E-state index is 5.56. The predicted molar refractivity (Wildman–Crippen MR) is 97.8 cm³/mol. The van der Waals surface area contributed by atoms with Gasteiger partial charge in [0, 0.05) is 11.9 Å². The van der Waals surface area contributed by atoms with Gasteiger partial charge >= 0.3 is 0 Å². The number of aryl methyl sites for hydroxylation is 2. The van der Waals surface area contributed by atoms with Crippen LogP contribution < -0.4 is 5.73 Å². The van der Waals surface area contributed by atoms with Gasteiger partial charge in [-0.25, -0.2) is 9.67 Å². The van der Waals surface area contributed by atoms with E-state index in [0.29, 0.717) is 5.95 Å². The molecule has 2 heterocycles. The van der Waals surface area contributed by atoms with E-state index in [1.54, 1.807) is 6.20 Å². The molecule has 0 aliphatic heterocycles. The number of hydrogen-bond acceptors (Lipinski definition) is 4. The summed E-state index contributed by atoms with van der Waals surface area (Å²) in [4.78, 5) is 7.00. The second kappa shape index (κ2) is 8.31. The molecule has 2 aromatic heterocycles. The Bertz CT molecular complexity index is 790. The van der Waals surface area contributed by atoms with Crippen LogP contribution in [0, 0.1) is 0 Å². The van der Waals surface area contributed by atoms with Gasteiger partial charge in [0.05, 0.1) is 18.4 Å². The number of nitrogens with zero attached hydrogens (tertiary/aromatic N) is 4. The third-order valence-electron chi connectivity index (χ3n) is 3.51. The number of benzene rings is 1. The Morgan fingerprint density at radius 3 is 2.75 bits per heavy atom. The Hall–Kier alpha value is -2.60. The third kappa shape index (κ3) is 4.96. The SMILES string of the molecule is CC(=Cc1ccccc1)Cn1cc(CCc2cnc(N)[nH]2)nn1.Cl. The average Bonchev–Trinajstić information content (AvgIpc) is 3.15. The zero-order chi connectivity index (χ0) is 16.1. The molecule has 6 nitrogen and oxygen atoms in total. The summed E-state index contributed by atoms with van der Waals surface area (Å²) in [5.74, 6) is 0.449. The van der Waals surface area contributed by atoms with Crippen molar-refractivity contribution in [2.24, 2.45) is 0 Å². The van der Waals surface area contributed by atoms with E-state index in [9.17, 15) is 0 Å². The van der Waals surface area contributed by atoms with Crippen LogP contribution in [0.5, 0.6) is 0 Å². The molecule has 0 atom stereocenters. The minimum Gasteiger partial charge on any atom is -0.369 e. The van der Waals surface area contributed by atoms with Crippen molar-refractivity contribution >= 4 is 24.4 Å². The molecule has 0 radical (unpaired) electrons. The molecular weight excluding hydrogens is 324 g/mol. The van der Waals surface area contributed by atoms with E-state index in [-0.39, 0.29) is 12.4 Å². The number of allylic oxidation sites excluding steroid dienone is 1. The number of halogens is 1. The zero-order valence-electron chi connectivity index (χ0n) is 13.5. The van der Waals surface area contributed by atoms with E-state index in [2.05, 4.69) is 45.4 Å². The van der Waals surface area contributed by atoms with Crippen LogP contribution in [0.1, 0.15) is 23.9 Å². The highest BCUT2D eigenvalue weighted by molar-refractivity contribution is 5.85. The van der Waals surface area contributed by atoms with Crippen LogP contribution in [0.4, 0.5) is 5.95 Å². The molecule has 3 rings (SSSR count). The zero-order valence-corrected chi connectivity index (χ0v) is 14.3. The van der Waals surface area contributed by atoms with Crippen molar-refractivity contribution in [1.29, 1.82) is 0 Å². The van der Waals surface area contributed by atoms with Crippen molar-refractivity contribution in [2.75, 3.05) is 5.73 Å². The average molecular weight is 345 g/mol. The molecule has 0 amide bonds. The minimum atomic E-state index is 0. The van der Waals surface area contributed by atoms with E-state index in [4.69, 9.17) is 5.73 Å². The first-order valence-corrected chi connectivity index (χ1v) is 7.59. The summed E-state index contributed by atoms with van der Waals surface area (Å²) in [5, 5.41) is 8.41. The molecular formula is C17H21ClN6. The molecule has 0 aliphatic carbocycles. The number of nitrogen functional groups attached to an aromatic ring is 1. The fraction of sp³-hybridized carbons (Fsp3) is 0.235. The van der Waals surface area contributed by atoms with Crippen LogP contribution in [0.2, 0.25) is 0 Å². The number of hydrogen-bond donors (Lipinski definition) is 2. The lowest BCUT2D eigenvalue weighted by atomic mass is 10.1. The Morgan fingerprint density at radius 2 is 2.04 bits per heavy atom. The highest BCUT2D eigenvalue weighted by atomic mass is 35.5. The monoisotopic (exact) mass is 344 g/mol. The van der Waals surface area contributed by atoms with Gasteiger partial charge in [0.1, 0.15) is 0 Å². The molecule has 24 heavy (non-hydrogen) atoms. The van der Waals surface area contributed by atoms with Crippen molar-refractivity contribution in [2.45, 2.75) is 26.3 Å². The molecule has 0 aliphatic rings. The highest BCUT2D eigenvalue weighted by Crippen LogP contribution is 2.09. The van der Waals surface area contributed by atoms with Gasteiger partial charge in [-0.1, -0.05) is 47.2 Å². The molecule has 0 unspecified atom stereocenters. The van der Waals surface area contributed by atoms with Crippen molar-refractivity contribution in [3.05, 3.63) is 65.2 Å². The predicted octanol–water partition coefficient (Wildman–Crippen LogP) is 2.89. The van der Waals surface area contributed by atoms with Crippen LogP contribution >= 0.6 is 12.4 Å². The standard InChI is InChI=1S/C17H20N6.ClH/c1-13(9-14-5-3-2-4-6-14)11-23-12-16(21-22-23)8-7-15-10-19-17(18)20-15;/h2-6,9-10,12H,7-8,11H2,1H3,(H3,18,19,20);1H. The van der Waals surface area contributed by atoms with Gasteiger partial charge in [0.25, 0.3) is 0 Å². The number of imidazole rings is 1. The third-order valence-corrected chi connectivity index (χ3v) is 3.51. The lowest BCUT2D eigenvalue weighted by Gasteiger charge is -2.01. The Kier molecular flexibility index (Phi) is 6.14. The molecule has 126 valence electrons. The molecule has 3 aromatic rings. The van der Waals surface area contributed by atoms with Crippen LogP contribution in [0.25, 0.3) is 6.08 Å². The van der Waals surface area contributed by atoms with Gasteiger partial charge in [0.15, 0.2) is 5.95 Å². The van der Waals surface area contributed by atoms with Crippen LogP contribution in [0.3, 0.4) is 0 Å². The number of aromatic amines is 1. The van der Waals surface area contributed by atoms with E-state index < -0.39 is 0 Å². The summed E-state index contributed by atoms with van der Waals surface area (Å²) >= 11 is 0. The maximum absolute atomic E-state index is 5.56. The van der Waals surface area contributed by atoms with Crippen LogP contribution in [-0.4, -0.2) is 25.0 Å². The minimum absolute atomic E-state index is 0. The lowest BCUT2D eigenvalue weighted by Crippen LogP contribution is -1.99. The van der Waals surface area contributed by atoms with E-state index in [0.717, 1.165) is 30.8 Å². The second-order valence-electron chi connectivity index (χ2n) is 5.60. The number of nitrogens with two attached hydrogens (primary N) is 1. The topological polar surface area (TPSA) is 85.4 Å². The first kappa shape index (κ1) is 17.7. The number of rotatable bonds is 6. The van der Waals surface area contributed by atoms with Gasteiger partial charge in [-0.05, 0) is 25.3 Å². The molecule has 0 bridgehead atoms. The fourth-order valence-corrected chi connectivity index (χ4v) is 2.43. The Balaban J connectivity index is 0.00000208. The number of aromatic nitrogens is 5. The number of H-pyrrole nitrogens is 1. The summed E-state index contributed by atoms with van der Waals surface area (Å²) in [7, 11) is 0. The van der Waals surface area contributed by atoms with Crippen molar-refractivity contribution < 1.29 is 0 Å². The van der Waals surface area contributed by atoms with E-state index in [1.807, 2.05) is 29.1 Å². The van der Waals surface area contributed by atoms with Crippen LogP contribution in [0.15, 0.2) is 48.3 Å². The Labute approximate surface area is 147 Å². The van der Waals surface area contributed by atoms with Crippen molar-refractivity contribution in [3.63, 3.8) is 0 Å². The fourth-order valence-electron chi connectivity index (χ4n) is 2.43. The quantitative estimate of drug-likeness (QED) is 0.720. The van der Waals surface area contributed by atoms with Gasteiger partial charge in [-0.2, -0.15) is 0 Å². The molecule has 0 fully saturated rings. The molecule has 0 saturated heterocycles. The lowest BCUT2D eigenvalue weighted by molar-refractivity contribution is 0.643. The largest absolute Gasteiger partial charge is 0.369 e. The van der Waals surface area contributed by atoms with Crippen molar-refractivity contribution in [1.82, 2.24) is 25.0 Å². The van der Waals surface area contributed by atoms with Gasteiger partial charge in [0.2, 0.25) is 0 Å². The van der Waals surface area contributed by atoms with Gasteiger partial charge < -0.3 is 10.7 Å². The molecule has 0 saturated carbocycles.